The molecular weight excluding hydrogens is 248 g/mol. The van der Waals surface area contributed by atoms with E-state index >= 15 is 0 Å². The average Bonchev–Trinajstić information content (AvgIpc) is 2.37. The molecule has 4 heteroatoms. The number of aliphatic hydroxyl groups excluding tert-OH is 1. The molecule has 1 atom stereocenters. The zero-order chi connectivity index (χ0) is 12.3. The molecule has 0 aromatic heterocycles. The van der Waals surface area contributed by atoms with Crippen LogP contribution in [0.1, 0.15) is 22.7 Å². The van der Waals surface area contributed by atoms with Crippen LogP contribution in [0.4, 0.5) is 0 Å². The predicted molar refractivity (Wildman–Crippen MR) is 77.4 cm³/mol. The smallest absolute Gasteiger partial charge is 0.0628 e. The minimum atomic E-state index is 0. The second kappa shape index (κ2) is 7.10. The molecule has 18 heavy (non-hydrogen) atoms. The van der Waals surface area contributed by atoms with Crippen molar-refractivity contribution in [3.63, 3.8) is 0 Å². The number of hydrogen-bond donors (Lipinski definition) is 2. The maximum Gasteiger partial charge on any atom is 0.0628 e. The molecule has 1 aliphatic heterocycles. The highest BCUT2D eigenvalue weighted by atomic mass is 35.5. The zero-order valence-corrected chi connectivity index (χ0v) is 12.0. The van der Waals surface area contributed by atoms with Crippen LogP contribution in [0.25, 0.3) is 0 Å². The molecule has 0 radical (unpaired) electrons. The molecule has 0 amide bonds. The summed E-state index contributed by atoms with van der Waals surface area (Å²) in [5, 5.41) is 13.0. The van der Waals surface area contributed by atoms with Crippen LogP contribution in [0.2, 0.25) is 0 Å². The van der Waals surface area contributed by atoms with Crippen molar-refractivity contribution >= 4 is 12.4 Å². The van der Waals surface area contributed by atoms with Gasteiger partial charge in [0.1, 0.15) is 0 Å². The van der Waals surface area contributed by atoms with Crippen molar-refractivity contribution in [1.29, 1.82) is 0 Å². The highest BCUT2D eigenvalue weighted by Gasteiger charge is 2.22. The highest BCUT2D eigenvalue weighted by molar-refractivity contribution is 5.85. The fraction of sp³-hybridized carbons (Fsp3) is 0.571. The Bertz CT molecular complexity index is 378. The van der Waals surface area contributed by atoms with Crippen LogP contribution < -0.4 is 5.32 Å². The maximum atomic E-state index is 9.68. The van der Waals surface area contributed by atoms with Crippen LogP contribution in [0.5, 0.6) is 0 Å². The third kappa shape index (κ3) is 3.23. The fourth-order valence-electron chi connectivity index (χ4n) is 2.54. The summed E-state index contributed by atoms with van der Waals surface area (Å²) in [6.45, 7) is 8.53. The van der Waals surface area contributed by atoms with E-state index in [1.54, 1.807) is 0 Å². The molecule has 0 aliphatic carbocycles. The van der Waals surface area contributed by atoms with E-state index < -0.39 is 0 Å². The Balaban J connectivity index is 0.00000162. The number of aliphatic hydroxyl groups is 1. The Morgan fingerprint density at radius 1 is 1.28 bits per heavy atom. The number of aryl methyl sites for hydroxylation is 1. The number of nitrogens with zero attached hydrogens (tertiary/aromatic N) is 1. The number of halogens is 1. The van der Waals surface area contributed by atoms with Gasteiger partial charge in [0.2, 0.25) is 0 Å². The summed E-state index contributed by atoms with van der Waals surface area (Å²) >= 11 is 0. The fourth-order valence-corrected chi connectivity index (χ4v) is 2.54. The maximum absolute atomic E-state index is 9.68. The van der Waals surface area contributed by atoms with Gasteiger partial charge >= 0.3 is 0 Å². The van der Waals surface area contributed by atoms with Crippen molar-refractivity contribution in [1.82, 2.24) is 10.2 Å². The molecule has 1 aromatic carbocycles. The summed E-state index contributed by atoms with van der Waals surface area (Å²) in [7, 11) is 0. The van der Waals surface area contributed by atoms with E-state index in [2.05, 4.69) is 42.3 Å². The van der Waals surface area contributed by atoms with Crippen molar-refractivity contribution in [2.45, 2.75) is 19.9 Å². The summed E-state index contributed by atoms with van der Waals surface area (Å²) < 4.78 is 0. The molecule has 3 nitrogen and oxygen atoms in total. The number of nitrogens with one attached hydrogen (secondary N) is 1. The van der Waals surface area contributed by atoms with E-state index in [1.807, 2.05) is 0 Å². The Hall–Kier alpha value is -0.610. The van der Waals surface area contributed by atoms with Gasteiger partial charge < -0.3 is 10.4 Å². The molecule has 0 bridgehead atoms. The molecule has 2 N–H and O–H groups in total. The van der Waals surface area contributed by atoms with Gasteiger partial charge in [-0.05, 0) is 30.5 Å². The molecule has 102 valence electrons. The van der Waals surface area contributed by atoms with Crippen molar-refractivity contribution in [2.24, 2.45) is 0 Å². The van der Waals surface area contributed by atoms with E-state index in [1.165, 1.54) is 16.7 Å². The minimum absolute atomic E-state index is 0. The lowest BCUT2D eigenvalue weighted by Gasteiger charge is -2.35. The first-order valence-corrected chi connectivity index (χ1v) is 6.35. The quantitative estimate of drug-likeness (QED) is 0.877. The predicted octanol–water partition coefficient (Wildman–Crippen LogP) is 1.66. The van der Waals surface area contributed by atoms with Gasteiger partial charge in [-0.15, -0.1) is 12.4 Å². The third-order valence-corrected chi connectivity index (χ3v) is 3.77. The first kappa shape index (κ1) is 15.4. The van der Waals surface area contributed by atoms with Gasteiger partial charge in [0.05, 0.1) is 12.6 Å². The Morgan fingerprint density at radius 3 is 2.56 bits per heavy atom. The SMILES string of the molecule is Cc1cccc([C@H](CO)N2CCNCC2)c1C.Cl. The lowest BCUT2D eigenvalue weighted by atomic mass is 9.96. The third-order valence-electron chi connectivity index (χ3n) is 3.77. The summed E-state index contributed by atoms with van der Waals surface area (Å²) in [4.78, 5) is 2.37. The van der Waals surface area contributed by atoms with Crippen LogP contribution in [0.3, 0.4) is 0 Å². The van der Waals surface area contributed by atoms with Crippen molar-refractivity contribution in [2.75, 3.05) is 32.8 Å². The number of hydrogen-bond acceptors (Lipinski definition) is 3. The molecule has 0 spiro atoms. The normalized spacial score (nSPS) is 18.2. The molecule has 2 rings (SSSR count). The van der Waals surface area contributed by atoms with Crippen LogP contribution >= 0.6 is 12.4 Å². The van der Waals surface area contributed by atoms with Gasteiger partial charge in [-0.25, -0.2) is 0 Å². The lowest BCUT2D eigenvalue weighted by Crippen LogP contribution is -2.46. The second-order valence-electron chi connectivity index (χ2n) is 4.77. The molecule has 1 aliphatic rings. The van der Waals surface area contributed by atoms with Gasteiger partial charge in [-0.2, -0.15) is 0 Å². The second-order valence-corrected chi connectivity index (χ2v) is 4.77. The monoisotopic (exact) mass is 270 g/mol. The van der Waals surface area contributed by atoms with Crippen molar-refractivity contribution < 1.29 is 5.11 Å². The lowest BCUT2D eigenvalue weighted by molar-refractivity contribution is 0.110. The molecule has 1 aromatic rings. The summed E-state index contributed by atoms with van der Waals surface area (Å²) in [5.41, 5.74) is 3.88. The first-order valence-electron chi connectivity index (χ1n) is 6.35. The molecule has 0 saturated carbocycles. The Morgan fingerprint density at radius 2 is 1.94 bits per heavy atom. The van der Waals surface area contributed by atoms with Crippen LogP contribution in [0.15, 0.2) is 18.2 Å². The van der Waals surface area contributed by atoms with Gasteiger partial charge in [-0.3, -0.25) is 4.90 Å². The number of rotatable bonds is 3. The average molecular weight is 271 g/mol. The van der Waals surface area contributed by atoms with E-state index in [4.69, 9.17) is 0 Å². The molecule has 1 saturated heterocycles. The van der Waals surface area contributed by atoms with Gasteiger partial charge in [0.25, 0.3) is 0 Å². The standard InChI is InChI=1S/C14H22N2O.ClH/c1-11-4-3-5-13(12(11)2)14(10-17)16-8-6-15-7-9-16;/h3-5,14-15,17H,6-10H2,1-2H3;1H/t14-;/m0./s1. The van der Waals surface area contributed by atoms with Gasteiger partial charge in [0, 0.05) is 26.2 Å². The van der Waals surface area contributed by atoms with E-state index in [0.29, 0.717) is 0 Å². The molecule has 1 fully saturated rings. The molecule has 1 heterocycles. The van der Waals surface area contributed by atoms with Crippen molar-refractivity contribution in [3.8, 4) is 0 Å². The summed E-state index contributed by atoms with van der Waals surface area (Å²) in [6, 6.07) is 6.51. The zero-order valence-electron chi connectivity index (χ0n) is 11.1. The minimum Gasteiger partial charge on any atom is -0.394 e. The van der Waals surface area contributed by atoms with E-state index in [9.17, 15) is 5.11 Å². The topological polar surface area (TPSA) is 35.5 Å². The summed E-state index contributed by atoms with van der Waals surface area (Å²) in [6.07, 6.45) is 0. The van der Waals surface area contributed by atoms with E-state index in [0.717, 1.165) is 26.2 Å². The first-order chi connectivity index (χ1) is 8.24. The Kier molecular flexibility index (Phi) is 6.09. The highest BCUT2D eigenvalue weighted by Crippen LogP contribution is 2.25. The van der Waals surface area contributed by atoms with Gasteiger partial charge in [-0.1, -0.05) is 18.2 Å². The van der Waals surface area contributed by atoms with Gasteiger partial charge in [0.15, 0.2) is 0 Å². The van der Waals surface area contributed by atoms with E-state index in [-0.39, 0.29) is 25.1 Å². The van der Waals surface area contributed by atoms with Crippen LogP contribution in [-0.4, -0.2) is 42.8 Å². The largest absolute Gasteiger partial charge is 0.394 e. The summed E-state index contributed by atoms with van der Waals surface area (Å²) in [5.74, 6) is 0. The molecule has 0 unspecified atom stereocenters. The van der Waals surface area contributed by atoms with Crippen LogP contribution in [-0.2, 0) is 0 Å². The Labute approximate surface area is 116 Å². The molecular formula is C14H23ClN2O. The van der Waals surface area contributed by atoms with Crippen LogP contribution in [0, 0.1) is 13.8 Å². The van der Waals surface area contributed by atoms with Crippen molar-refractivity contribution in [3.05, 3.63) is 34.9 Å². The number of benzene rings is 1. The number of piperazine rings is 1.